The minimum absolute atomic E-state index is 0.298. The van der Waals surface area contributed by atoms with Gasteiger partial charge in [0.1, 0.15) is 0 Å². The molecule has 1 N–H and O–H groups in total. The maximum Gasteiger partial charge on any atom is 0.339 e. The van der Waals surface area contributed by atoms with E-state index in [4.69, 9.17) is 4.74 Å². The Kier molecular flexibility index (Phi) is 3.51. The van der Waals surface area contributed by atoms with Crippen LogP contribution >= 0.6 is 0 Å². The SMILES string of the molecule is COC(=O)c1cnccc1C1CCCNC1. The van der Waals surface area contributed by atoms with Crippen molar-refractivity contribution in [3.63, 3.8) is 0 Å². The Hall–Kier alpha value is -1.42. The van der Waals surface area contributed by atoms with Gasteiger partial charge in [-0.05, 0) is 36.9 Å². The van der Waals surface area contributed by atoms with Gasteiger partial charge in [0.05, 0.1) is 12.7 Å². The quantitative estimate of drug-likeness (QED) is 0.764. The zero-order valence-corrected chi connectivity index (χ0v) is 9.40. The van der Waals surface area contributed by atoms with Crippen LogP contribution in [0.15, 0.2) is 18.5 Å². The molecule has 0 spiro atoms. The Morgan fingerprint density at radius 1 is 1.62 bits per heavy atom. The molecule has 2 rings (SSSR count). The van der Waals surface area contributed by atoms with Crippen molar-refractivity contribution in [2.24, 2.45) is 0 Å². The van der Waals surface area contributed by atoms with Crippen LogP contribution in [0.2, 0.25) is 0 Å². The van der Waals surface area contributed by atoms with Crippen LogP contribution in [-0.2, 0) is 4.74 Å². The van der Waals surface area contributed by atoms with Crippen molar-refractivity contribution < 1.29 is 9.53 Å². The fourth-order valence-corrected chi connectivity index (χ4v) is 2.16. The Bertz CT molecular complexity index is 373. The van der Waals surface area contributed by atoms with E-state index in [1.807, 2.05) is 6.07 Å². The van der Waals surface area contributed by atoms with Gasteiger partial charge in [0, 0.05) is 18.9 Å². The van der Waals surface area contributed by atoms with Crippen LogP contribution < -0.4 is 5.32 Å². The van der Waals surface area contributed by atoms with Crippen LogP contribution in [0.4, 0.5) is 0 Å². The molecule has 1 aromatic rings. The Morgan fingerprint density at radius 3 is 3.19 bits per heavy atom. The molecule has 16 heavy (non-hydrogen) atoms. The van der Waals surface area contributed by atoms with Gasteiger partial charge in [-0.3, -0.25) is 4.98 Å². The van der Waals surface area contributed by atoms with Crippen LogP contribution in [0.1, 0.15) is 34.7 Å². The topological polar surface area (TPSA) is 51.2 Å². The molecule has 0 saturated carbocycles. The Labute approximate surface area is 95.0 Å². The highest BCUT2D eigenvalue weighted by Gasteiger charge is 2.21. The molecule has 4 heteroatoms. The minimum Gasteiger partial charge on any atom is -0.465 e. The predicted molar refractivity (Wildman–Crippen MR) is 60.4 cm³/mol. The molecule has 1 aliphatic heterocycles. The first-order valence-corrected chi connectivity index (χ1v) is 5.56. The summed E-state index contributed by atoms with van der Waals surface area (Å²) < 4.78 is 4.77. The molecule has 0 amide bonds. The maximum absolute atomic E-state index is 11.6. The van der Waals surface area contributed by atoms with Gasteiger partial charge in [-0.2, -0.15) is 0 Å². The lowest BCUT2D eigenvalue weighted by Crippen LogP contribution is -2.29. The molecule has 1 fully saturated rings. The summed E-state index contributed by atoms with van der Waals surface area (Å²) in [6, 6.07) is 1.92. The van der Waals surface area contributed by atoms with Crippen molar-refractivity contribution in [3.8, 4) is 0 Å². The summed E-state index contributed by atoms with van der Waals surface area (Å²) in [5.41, 5.74) is 1.65. The number of esters is 1. The third-order valence-corrected chi connectivity index (χ3v) is 3.00. The van der Waals surface area contributed by atoms with Crippen molar-refractivity contribution >= 4 is 5.97 Å². The summed E-state index contributed by atoms with van der Waals surface area (Å²) in [6.07, 6.45) is 5.58. The van der Waals surface area contributed by atoms with Crippen molar-refractivity contribution in [1.29, 1.82) is 0 Å². The Balaban J connectivity index is 2.28. The first-order valence-electron chi connectivity index (χ1n) is 5.56. The number of methoxy groups -OCH3 is 1. The van der Waals surface area contributed by atoms with Crippen LogP contribution in [-0.4, -0.2) is 31.2 Å². The first kappa shape index (κ1) is 11.1. The number of pyridine rings is 1. The first-order chi connectivity index (χ1) is 7.83. The molecule has 2 heterocycles. The number of rotatable bonds is 2. The van der Waals surface area contributed by atoms with Crippen molar-refractivity contribution in [2.45, 2.75) is 18.8 Å². The molecule has 0 radical (unpaired) electrons. The fraction of sp³-hybridized carbons (Fsp3) is 0.500. The smallest absolute Gasteiger partial charge is 0.339 e. The number of nitrogens with zero attached hydrogens (tertiary/aromatic N) is 1. The van der Waals surface area contributed by atoms with E-state index in [1.54, 1.807) is 12.4 Å². The molecule has 86 valence electrons. The number of piperidine rings is 1. The lowest BCUT2D eigenvalue weighted by molar-refractivity contribution is 0.0598. The molecule has 1 aliphatic rings. The van der Waals surface area contributed by atoms with E-state index in [1.165, 1.54) is 7.11 Å². The molecular weight excluding hydrogens is 204 g/mol. The third-order valence-electron chi connectivity index (χ3n) is 3.00. The second kappa shape index (κ2) is 5.07. The van der Waals surface area contributed by atoms with E-state index in [0.717, 1.165) is 31.5 Å². The molecule has 1 saturated heterocycles. The average Bonchev–Trinajstić information content (AvgIpc) is 2.39. The molecule has 4 nitrogen and oxygen atoms in total. The highest BCUT2D eigenvalue weighted by molar-refractivity contribution is 5.90. The third kappa shape index (κ3) is 2.22. The lowest BCUT2D eigenvalue weighted by atomic mass is 9.89. The molecule has 1 atom stereocenters. The monoisotopic (exact) mass is 220 g/mol. The van der Waals surface area contributed by atoms with E-state index in [-0.39, 0.29) is 5.97 Å². The largest absolute Gasteiger partial charge is 0.465 e. The van der Waals surface area contributed by atoms with Crippen molar-refractivity contribution in [3.05, 3.63) is 29.6 Å². The predicted octanol–water partition coefficient (Wildman–Crippen LogP) is 1.34. The number of carbonyl (C=O) groups excluding carboxylic acids is 1. The molecule has 1 aromatic heterocycles. The van der Waals surface area contributed by atoms with Crippen molar-refractivity contribution in [2.75, 3.05) is 20.2 Å². The zero-order valence-electron chi connectivity index (χ0n) is 9.40. The molecular formula is C12H16N2O2. The summed E-state index contributed by atoms with van der Waals surface area (Å²) >= 11 is 0. The van der Waals surface area contributed by atoms with Gasteiger partial charge in [0.15, 0.2) is 0 Å². The van der Waals surface area contributed by atoms with E-state index >= 15 is 0 Å². The van der Waals surface area contributed by atoms with E-state index in [0.29, 0.717) is 11.5 Å². The molecule has 1 unspecified atom stereocenters. The van der Waals surface area contributed by atoms with Gasteiger partial charge in [0.25, 0.3) is 0 Å². The van der Waals surface area contributed by atoms with Crippen LogP contribution in [0.3, 0.4) is 0 Å². The highest BCUT2D eigenvalue weighted by Crippen LogP contribution is 2.25. The second-order valence-electron chi connectivity index (χ2n) is 4.00. The van der Waals surface area contributed by atoms with Crippen LogP contribution in [0, 0.1) is 0 Å². The number of hydrogen-bond acceptors (Lipinski definition) is 4. The number of aromatic nitrogens is 1. The van der Waals surface area contributed by atoms with Gasteiger partial charge in [0.2, 0.25) is 0 Å². The van der Waals surface area contributed by atoms with Gasteiger partial charge in [-0.15, -0.1) is 0 Å². The number of carbonyl (C=O) groups is 1. The summed E-state index contributed by atoms with van der Waals surface area (Å²) in [5, 5.41) is 3.34. The van der Waals surface area contributed by atoms with Crippen LogP contribution in [0.25, 0.3) is 0 Å². The summed E-state index contributed by atoms with van der Waals surface area (Å²) in [7, 11) is 1.40. The molecule has 0 aliphatic carbocycles. The van der Waals surface area contributed by atoms with E-state index < -0.39 is 0 Å². The molecule has 0 aromatic carbocycles. The summed E-state index contributed by atoms with van der Waals surface area (Å²) in [4.78, 5) is 15.6. The van der Waals surface area contributed by atoms with E-state index in [9.17, 15) is 4.79 Å². The van der Waals surface area contributed by atoms with Gasteiger partial charge < -0.3 is 10.1 Å². The zero-order chi connectivity index (χ0) is 11.4. The summed E-state index contributed by atoms with van der Waals surface area (Å²) in [6.45, 7) is 1.99. The normalized spacial score (nSPS) is 20.4. The van der Waals surface area contributed by atoms with Gasteiger partial charge >= 0.3 is 5.97 Å². The van der Waals surface area contributed by atoms with Crippen LogP contribution in [0.5, 0.6) is 0 Å². The Morgan fingerprint density at radius 2 is 2.50 bits per heavy atom. The second-order valence-corrected chi connectivity index (χ2v) is 4.00. The molecule has 0 bridgehead atoms. The average molecular weight is 220 g/mol. The highest BCUT2D eigenvalue weighted by atomic mass is 16.5. The number of ether oxygens (including phenoxy) is 1. The van der Waals surface area contributed by atoms with Crippen molar-refractivity contribution in [1.82, 2.24) is 10.3 Å². The number of nitrogens with one attached hydrogen (secondary N) is 1. The fourth-order valence-electron chi connectivity index (χ4n) is 2.16. The maximum atomic E-state index is 11.6. The summed E-state index contributed by atoms with van der Waals surface area (Å²) in [5.74, 6) is 0.0968. The standard InChI is InChI=1S/C12H16N2O2/c1-16-12(15)11-8-14-6-4-10(11)9-3-2-5-13-7-9/h4,6,8-9,13H,2-3,5,7H2,1H3. The van der Waals surface area contributed by atoms with Gasteiger partial charge in [-0.25, -0.2) is 4.79 Å². The van der Waals surface area contributed by atoms with E-state index in [2.05, 4.69) is 10.3 Å². The lowest BCUT2D eigenvalue weighted by Gasteiger charge is -2.24. The number of hydrogen-bond donors (Lipinski definition) is 1. The van der Waals surface area contributed by atoms with Gasteiger partial charge in [-0.1, -0.05) is 0 Å². The minimum atomic E-state index is -0.298.